The van der Waals surface area contributed by atoms with Gasteiger partial charge in [-0.1, -0.05) is 11.6 Å². The van der Waals surface area contributed by atoms with Crippen molar-refractivity contribution in [2.45, 2.75) is 23.8 Å². The Morgan fingerprint density at radius 1 is 1.32 bits per heavy atom. The maximum absolute atomic E-state index is 12.4. The first-order valence-electron chi connectivity index (χ1n) is 7.90. The molecule has 1 saturated heterocycles. The van der Waals surface area contributed by atoms with Crippen LogP contribution in [0.15, 0.2) is 35.5 Å². The van der Waals surface area contributed by atoms with Crippen molar-refractivity contribution in [2.75, 3.05) is 24.7 Å². The first-order chi connectivity index (χ1) is 11.8. The molecule has 0 unspecified atom stereocenters. The summed E-state index contributed by atoms with van der Waals surface area (Å²) in [6.45, 7) is 1.87. The van der Waals surface area contributed by atoms with Gasteiger partial charge in [0.25, 0.3) is 5.91 Å². The normalized spacial score (nSPS) is 15.9. The van der Waals surface area contributed by atoms with Gasteiger partial charge < -0.3 is 10.6 Å². The van der Waals surface area contributed by atoms with E-state index in [2.05, 4.69) is 15.7 Å². The van der Waals surface area contributed by atoms with Crippen LogP contribution in [0.25, 0.3) is 0 Å². The van der Waals surface area contributed by atoms with Crippen molar-refractivity contribution in [3.8, 4) is 0 Å². The lowest BCUT2D eigenvalue weighted by atomic mass is 10.1. The minimum Gasteiger partial charge on any atom is -0.322 e. The van der Waals surface area contributed by atoms with E-state index in [1.54, 1.807) is 6.20 Å². The van der Waals surface area contributed by atoms with Gasteiger partial charge in [0.15, 0.2) is 9.84 Å². The topological polar surface area (TPSA) is 93.1 Å². The molecule has 1 aromatic carbocycles. The van der Waals surface area contributed by atoms with Gasteiger partial charge in [0, 0.05) is 23.2 Å². The molecule has 134 valence electrons. The molecule has 3 rings (SSSR count). The molecule has 0 bridgehead atoms. The molecule has 1 aromatic heterocycles. The highest BCUT2D eigenvalue weighted by molar-refractivity contribution is 7.90. The zero-order valence-corrected chi connectivity index (χ0v) is 15.3. The summed E-state index contributed by atoms with van der Waals surface area (Å²) in [4.78, 5) is 12.5. The lowest BCUT2D eigenvalue weighted by Gasteiger charge is -2.22. The van der Waals surface area contributed by atoms with Crippen molar-refractivity contribution in [3.63, 3.8) is 0 Å². The van der Waals surface area contributed by atoms with Crippen LogP contribution in [-0.4, -0.2) is 43.5 Å². The summed E-state index contributed by atoms with van der Waals surface area (Å²) in [5.41, 5.74) is 0.743. The van der Waals surface area contributed by atoms with E-state index in [4.69, 9.17) is 11.6 Å². The summed E-state index contributed by atoms with van der Waals surface area (Å²) in [7, 11) is -3.42. The van der Waals surface area contributed by atoms with Crippen LogP contribution >= 0.6 is 11.6 Å². The molecule has 2 heterocycles. The molecule has 1 fully saturated rings. The van der Waals surface area contributed by atoms with Gasteiger partial charge in [0.1, 0.15) is 0 Å². The summed E-state index contributed by atoms with van der Waals surface area (Å²) in [6, 6.07) is 4.52. The van der Waals surface area contributed by atoms with Gasteiger partial charge in [0.2, 0.25) is 0 Å². The molecule has 0 spiro atoms. The summed E-state index contributed by atoms with van der Waals surface area (Å²) < 4.78 is 25.2. The number of halogens is 1. The van der Waals surface area contributed by atoms with E-state index in [9.17, 15) is 13.2 Å². The summed E-state index contributed by atoms with van der Waals surface area (Å²) >= 11 is 5.95. The zero-order valence-electron chi connectivity index (χ0n) is 13.7. The third-order valence-electron chi connectivity index (χ3n) is 4.10. The lowest BCUT2D eigenvalue weighted by Crippen LogP contribution is -2.29. The van der Waals surface area contributed by atoms with Gasteiger partial charge in [-0.05, 0) is 44.1 Å². The lowest BCUT2D eigenvalue weighted by molar-refractivity contribution is 0.102. The highest BCUT2D eigenvalue weighted by Crippen LogP contribution is 2.23. The molecule has 1 aliphatic heterocycles. The quantitative estimate of drug-likeness (QED) is 0.844. The highest BCUT2D eigenvalue weighted by atomic mass is 35.5. The maximum atomic E-state index is 12.4. The zero-order chi connectivity index (χ0) is 18.0. The number of aromatic nitrogens is 2. The molecule has 0 atom stereocenters. The van der Waals surface area contributed by atoms with E-state index >= 15 is 0 Å². The van der Waals surface area contributed by atoms with Crippen LogP contribution in [0.1, 0.15) is 29.2 Å². The van der Waals surface area contributed by atoms with E-state index in [1.165, 1.54) is 24.4 Å². The Hall–Kier alpha value is -1.90. The Kier molecular flexibility index (Phi) is 5.12. The molecular formula is C16H19ClN4O3S. The predicted octanol–water partition coefficient (Wildman–Crippen LogP) is 2.12. The average molecular weight is 383 g/mol. The second-order valence-electron chi connectivity index (χ2n) is 6.09. The third-order valence-corrected chi connectivity index (χ3v) is 5.41. The second-order valence-corrected chi connectivity index (χ2v) is 8.54. The Bertz CT molecular complexity index is 889. The Morgan fingerprint density at radius 2 is 2.04 bits per heavy atom. The van der Waals surface area contributed by atoms with Crippen molar-refractivity contribution in [1.82, 2.24) is 15.1 Å². The van der Waals surface area contributed by atoms with Crippen LogP contribution < -0.4 is 10.6 Å². The third kappa shape index (κ3) is 4.39. The van der Waals surface area contributed by atoms with E-state index in [0.29, 0.717) is 11.3 Å². The summed E-state index contributed by atoms with van der Waals surface area (Å²) in [5.74, 6) is -0.359. The van der Waals surface area contributed by atoms with E-state index < -0.39 is 9.84 Å². The average Bonchev–Trinajstić information content (AvgIpc) is 3.04. The maximum Gasteiger partial charge on any atom is 0.258 e. The number of hydrogen-bond acceptors (Lipinski definition) is 5. The predicted molar refractivity (Wildman–Crippen MR) is 95.9 cm³/mol. The molecule has 0 saturated carbocycles. The molecule has 2 aromatic rings. The number of benzene rings is 1. The van der Waals surface area contributed by atoms with Gasteiger partial charge in [0.05, 0.1) is 22.7 Å². The van der Waals surface area contributed by atoms with Gasteiger partial charge >= 0.3 is 0 Å². The number of sulfone groups is 1. The van der Waals surface area contributed by atoms with Gasteiger partial charge in [-0.2, -0.15) is 5.10 Å². The highest BCUT2D eigenvalue weighted by Gasteiger charge is 2.18. The first kappa shape index (κ1) is 17.9. The van der Waals surface area contributed by atoms with Crippen LogP contribution in [0.3, 0.4) is 0 Å². The molecule has 25 heavy (non-hydrogen) atoms. The van der Waals surface area contributed by atoms with Crippen molar-refractivity contribution in [2.24, 2.45) is 0 Å². The number of nitrogens with zero attached hydrogens (tertiary/aromatic N) is 2. The number of anilines is 1. The van der Waals surface area contributed by atoms with E-state index in [-0.39, 0.29) is 21.9 Å². The molecular weight excluding hydrogens is 364 g/mol. The largest absolute Gasteiger partial charge is 0.322 e. The fraction of sp³-hybridized carbons (Fsp3) is 0.375. The Labute approximate surface area is 151 Å². The number of nitrogens with one attached hydrogen (secondary N) is 2. The number of carbonyl (C=O) groups excluding carboxylic acids is 1. The number of piperidine rings is 1. The molecule has 1 aliphatic rings. The van der Waals surface area contributed by atoms with Crippen LogP contribution in [-0.2, 0) is 9.84 Å². The Morgan fingerprint density at radius 3 is 2.72 bits per heavy atom. The molecule has 9 heteroatoms. The molecule has 0 radical (unpaired) electrons. The molecule has 1 amide bonds. The standard InChI is InChI=1S/C16H19ClN4O3S/c1-25(23,24)15-7-12(17)6-13(8-15)20-16(22)11-9-19-21(10-11)14-2-4-18-5-3-14/h6-10,14,18H,2-5H2,1H3,(H,20,22). The number of rotatable bonds is 4. The van der Waals surface area contributed by atoms with Crippen molar-refractivity contribution < 1.29 is 13.2 Å². The fourth-order valence-electron chi connectivity index (χ4n) is 2.78. The van der Waals surface area contributed by atoms with Crippen molar-refractivity contribution in [3.05, 3.63) is 41.2 Å². The molecule has 2 N–H and O–H groups in total. The summed E-state index contributed by atoms with van der Waals surface area (Å²) in [6.07, 6.45) is 6.25. The van der Waals surface area contributed by atoms with Crippen molar-refractivity contribution in [1.29, 1.82) is 0 Å². The van der Waals surface area contributed by atoms with Crippen molar-refractivity contribution >= 4 is 33.0 Å². The van der Waals surface area contributed by atoms with Gasteiger partial charge in [-0.15, -0.1) is 0 Å². The van der Waals surface area contributed by atoms with Gasteiger partial charge in [-0.25, -0.2) is 8.42 Å². The molecule has 7 nitrogen and oxygen atoms in total. The van der Waals surface area contributed by atoms with Crippen LogP contribution in [0.4, 0.5) is 5.69 Å². The Balaban J connectivity index is 1.76. The number of hydrogen-bond donors (Lipinski definition) is 2. The van der Waals surface area contributed by atoms with E-state index in [0.717, 1.165) is 32.2 Å². The SMILES string of the molecule is CS(=O)(=O)c1cc(Cl)cc(NC(=O)c2cnn(C3CCNCC3)c2)c1. The van der Waals surface area contributed by atoms with Crippen LogP contribution in [0.2, 0.25) is 5.02 Å². The number of carbonyl (C=O) groups is 1. The van der Waals surface area contributed by atoms with Gasteiger partial charge in [-0.3, -0.25) is 9.48 Å². The van der Waals surface area contributed by atoms with Crippen LogP contribution in [0.5, 0.6) is 0 Å². The summed E-state index contributed by atoms with van der Waals surface area (Å²) in [5, 5.41) is 10.5. The smallest absolute Gasteiger partial charge is 0.258 e. The molecule has 0 aliphatic carbocycles. The monoisotopic (exact) mass is 382 g/mol. The van der Waals surface area contributed by atoms with E-state index in [1.807, 2.05) is 4.68 Å². The van der Waals surface area contributed by atoms with Crippen LogP contribution in [0, 0.1) is 0 Å². The minimum atomic E-state index is -3.42. The number of amides is 1. The first-order valence-corrected chi connectivity index (χ1v) is 10.2. The fourth-order valence-corrected chi connectivity index (χ4v) is 3.76. The second kappa shape index (κ2) is 7.15. The minimum absolute atomic E-state index is 0.0562.